The predicted octanol–water partition coefficient (Wildman–Crippen LogP) is 2.34. The minimum absolute atomic E-state index is 0.0343. The normalized spacial score (nSPS) is 16.7. The van der Waals surface area contributed by atoms with Gasteiger partial charge in [0.25, 0.3) is 0 Å². The molecule has 1 aliphatic rings. The molecular weight excluding hydrogens is 280 g/mol. The van der Waals surface area contributed by atoms with Gasteiger partial charge in [-0.1, -0.05) is 23.4 Å². The number of ether oxygens (including phenoxy) is 1. The van der Waals surface area contributed by atoms with Gasteiger partial charge in [0.2, 0.25) is 5.91 Å². The van der Waals surface area contributed by atoms with Gasteiger partial charge in [0.05, 0.1) is 11.7 Å². The number of aryl methyl sites for hydroxylation is 2. The Balaban J connectivity index is 1.53. The van der Waals surface area contributed by atoms with Gasteiger partial charge < -0.3 is 14.6 Å². The van der Waals surface area contributed by atoms with E-state index in [1.54, 1.807) is 0 Å². The van der Waals surface area contributed by atoms with Crippen LogP contribution in [0.15, 0.2) is 28.8 Å². The zero-order chi connectivity index (χ0) is 15.5. The summed E-state index contributed by atoms with van der Waals surface area (Å²) in [5, 5.41) is 6.95. The minimum Gasteiger partial charge on any atom is -0.491 e. The third kappa shape index (κ3) is 3.13. The van der Waals surface area contributed by atoms with Crippen molar-refractivity contribution in [2.24, 2.45) is 0 Å². The number of nitrogens with zero attached hydrogens (tertiary/aromatic N) is 1. The van der Waals surface area contributed by atoms with E-state index >= 15 is 0 Å². The molecule has 1 atom stereocenters. The number of hydrogen-bond acceptors (Lipinski definition) is 4. The van der Waals surface area contributed by atoms with Gasteiger partial charge in [0, 0.05) is 12.0 Å². The lowest BCUT2D eigenvalue weighted by Crippen LogP contribution is -2.42. The Morgan fingerprint density at radius 1 is 1.36 bits per heavy atom. The fraction of sp³-hybridized carbons (Fsp3) is 0.412. The van der Waals surface area contributed by atoms with E-state index < -0.39 is 0 Å². The average Bonchev–Trinajstić information content (AvgIpc) is 2.84. The average molecular weight is 300 g/mol. The summed E-state index contributed by atoms with van der Waals surface area (Å²) in [4.78, 5) is 12.1. The van der Waals surface area contributed by atoms with Gasteiger partial charge in [0.15, 0.2) is 0 Å². The quantitative estimate of drug-likeness (QED) is 0.941. The number of carbonyl (C=O) groups is 1. The second-order valence-corrected chi connectivity index (χ2v) is 5.69. The molecule has 0 saturated heterocycles. The Morgan fingerprint density at radius 2 is 2.18 bits per heavy atom. The van der Waals surface area contributed by atoms with Crippen molar-refractivity contribution in [3.8, 4) is 5.75 Å². The van der Waals surface area contributed by atoms with Crippen molar-refractivity contribution in [1.29, 1.82) is 0 Å². The largest absolute Gasteiger partial charge is 0.491 e. The molecule has 5 heteroatoms. The first kappa shape index (κ1) is 14.6. The van der Waals surface area contributed by atoms with Crippen molar-refractivity contribution in [2.75, 3.05) is 6.61 Å². The number of fused-ring (bicyclic) bond motifs is 1. The molecule has 0 spiro atoms. The summed E-state index contributed by atoms with van der Waals surface area (Å²) in [6, 6.07) is 7.99. The second-order valence-electron chi connectivity index (χ2n) is 5.69. The predicted molar refractivity (Wildman–Crippen MR) is 81.9 cm³/mol. The van der Waals surface area contributed by atoms with Crippen molar-refractivity contribution >= 4 is 5.91 Å². The molecule has 0 bridgehead atoms. The maximum absolute atomic E-state index is 12.1. The molecule has 1 aromatic carbocycles. The fourth-order valence-electron chi connectivity index (χ4n) is 2.82. The van der Waals surface area contributed by atoms with Crippen molar-refractivity contribution < 1.29 is 14.1 Å². The molecule has 1 amide bonds. The van der Waals surface area contributed by atoms with Crippen LogP contribution in [0, 0.1) is 13.8 Å². The number of amides is 1. The summed E-state index contributed by atoms with van der Waals surface area (Å²) in [7, 11) is 0. The van der Waals surface area contributed by atoms with Crippen molar-refractivity contribution in [2.45, 2.75) is 39.2 Å². The highest BCUT2D eigenvalue weighted by Gasteiger charge is 2.21. The van der Waals surface area contributed by atoms with E-state index in [0.717, 1.165) is 34.8 Å². The minimum atomic E-state index is 0.0343. The van der Waals surface area contributed by atoms with Crippen LogP contribution in [-0.4, -0.2) is 23.7 Å². The Hall–Kier alpha value is -2.30. The smallest absolute Gasteiger partial charge is 0.220 e. The maximum atomic E-state index is 12.1. The lowest BCUT2D eigenvalue weighted by atomic mass is 10.0. The summed E-state index contributed by atoms with van der Waals surface area (Å²) >= 11 is 0. The molecule has 1 N–H and O–H groups in total. The van der Waals surface area contributed by atoms with E-state index in [9.17, 15) is 4.79 Å². The van der Waals surface area contributed by atoms with Crippen LogP contribution in [-0.2, 0) is 17.6 Å². The third-order valence-corrected chi connectivity index (χ3v) is 4.03. The van der Waals surface area contributed by atoms with Crippen LogP contribution in [0.1, 0.15) is 29.0 Å². The topological polar surface area (TPSA) is 64.4 Å². The van der Waals surface area contributed by atoms with E-state index in [-0.39, 0.29) is 11.9 Å². The molecule has 0 saturated carbocycles. The number of nitrogens with one attached hydrogen (secondary N) is 1. The highest BCUT2D eigenvalue weighted by atomic mass is 16.5. The summed E-state index contributed by atoms with van der Waals surface area (Å²) in [5.41, 5.74) is 3.03. The molecule has 2 aromatic rings. The highest BCUT2D eigenvalue weighted by molar-refractivity contribution is 5.76. The number of carbonyl (C=O) groups excluding carboxylic acids is 1. The Morgan fingerprint density at radius 3 is 2.95 bits per heavy atom. The maximum Gasteiger partial charge on any atom is 0.220 e. The number of aromatic nitrogens is 1. The SMILES string of the molecule is Cc1noc(C)c1CCC(=O)N[C@@H]1COc2ccccc2C1. The molecule has 0 aliphatic carbocycles. The number of hydrogen-bond donors (Lipinski definition) is 1. The Kier molecular flexibility index (Phi) is 4.13. The van der Waals surface area contributed by atoms with E-state index in [4.69, 9.17) is 9.26 Å². The Labute approximate surface area is 129 Å². The standard InChI is InChI=1S/C17H20N2O3/c1-11-15(12(2)22-19-11)7-8-17(20)18-14-9-13-5-3-4-6-16(13)21-10-14/h3-6,14H,7-10H2,1-2H3,(H,18,20)/t14-/m0/s1. The fourth-order valence-corrected chi connectivity index (χ4v) is 2.82. The number of para-hydroxylation sites is 1. The lowest BCUT2D eigenvalue weighted by Gasteiger charge is -2.26. The van der Waals surface area contributed by atoms with Gasteiger partial charge in [-0.15, -0.1) is 0 Å². The first-order valence-electron chi connectivity index (χ1n) is 7.55. The van der Waals surface area contributed by atoms with Crippen LogP contribution >= 0.6 is 0 Å². The van der Waals surface area contributed by atoms with Gasteiger partial charge in [-0.3, -0.25) is 4.79 Å². The van der Waals surface area contributed by atoms with E-state index in [1.165, 1.54) is 0 Å². The molecule has 3 rings (SSSR count). The summed E-state index contributed by atoms with van der Waals surface area (Å²) in [6.07, 6.45) is 1.89. The number of benzene rings is 1. The van der Waals surface area contributed by atoms with Crippen molar-refractivity contribution in [1.82, 2.24) is 10.5 Å². The van der Waals surface area contributed by atoms with Crippen molar-refractivity contribution in [3.05, 3.63) is 46.8 Å². The Bertz CT molecular complexity index is 659. The lowest BCUT2D eigenvalue weighted by molar-refractivity contribution is -0.122. The van der Waals surface area contributed by atoms with Gasteiger partial charge in [-0.2, -0.15) is 0 Å². The molecule has 22 heavy (non-hydrogen) atoms. The van der Waals surface area contributed by atoms with Crippen LogP contribution in [0.3, 0.4) is 0 Å². The summed E-state index contributed by atoms with van der Waals surface area (Å²) < 4.78 is 10.8. The van der Waals surface area contributed by atoms with Crippen LogP contribution in [0.5, 0.6) is 5.75 Å². The number of rotatable bonds is 4. The zero-order valence-corrected chi connectivity index (χ0v) is 12.9. The molecule has 1 aliphatic heterocycles. The van der Waals surface area contributed by atoms with Gasteiger partial charge >= 0.3 is 0 Å². The molecular formula is C17H20N2O3. The van der Waals surface area contributed by atoms with Gasteiger partial charge in [-0.05, 0) is 38.3 Å². The molecule has 0 unspecified atom stereocenters. The van der Waals surface area contributed by atoms with Crippen LogP contribution in [0.2, 0.25) is 0 Å². The zero-order valence-electron chi connectivity index (χ0n) is 12.9. The van der Waals surface area contributed by atoms with E-state index in [1.807, 2.05) is 38.1 Å². The van der Waals surface area contributed by atoms with Gasteiger partial charge in [0.1, 0.15) is 18.1 Å². The monoisotopic (exact) mass is 300 g/mol. The van der Waals surface area contributed by atoms with Crippen molar-refractivity contribution in [3.63, 3.8) is 0 Å². The van der Waals surface area contributed by atoms with E-state index in [2.05, 4.69) is 10.5 Å². The highest BCUT2D eigenvalue weighted by Crippen LogP contribution is 2.24. The molecule has 2 heterocycles. The molecule has 0 fully saturated rings. The summed E-state index contributed by atoms with van der Waals surface area (Å²) in [6.45, 7) is 4.29. The first-order valence-corrected chi connectivity index (χ1v) is 7.55. The van der Waals surface area contributed by atoms with Gasteiger partial charge in [-0.25, -0.2) is 0 Å². The van der Waals surface area contributed by atoms with Crippen LogP contribution < -0.4 is 10.1 Å². The third-order valence-electron chi connectivity index (χ3n) is 4.03. The second kappa shape index (κ2) is 6.22. The van der Waals surface area contributed by atoms with Crippen LogP contribution in [0.4, 0.5) is 0 Å². The molecule has 116 valence electrons. The van der Waals surface area contributed by atoms with E-state index in [0.29, 0.717) is 19.4 Å². The molecule has 5 nitrogen and oxygen atoms in total. The summed E-state index contributed by atoms with van der Waals surface area (Å²) in [5.74, 6) is 1.75. The molecule has 1 aromatic heterocycles. The molecule has 0 radical (unpaired) electrons. The van der Waals surface area contributed by atoms with Crippen LogP contribution in [0.25, 0.3) is 0 Å². The first-order chi connectivity index (χ1) is 10.6.